The van der Waals surface area contributed by atoms with Crippen LogP contribution in [0.3, 0.4) is 0 Å². The van der Waals surface area contributed by atoms with E-state index >= 15 is 0 Å². The zero-order chi connectivity index (χ0) is 18.7. The lowest BCUT2D eigenvalue weighted by atomic mass is 10.1. The maximum Gasteiger partial charge on any atom is 0.239 e. The Hall–Kier alpha value is -2.58. The Labute approximate surface area is 152 Å². The Kier molecular flexibility index (Phi) is 5.15. The van der Waals surface area contributed by atoms with E-state index in [1.165, 1.54) is 0 Å². The Morgan fingerprint density at radius 1 is 1.15 bits per heavy atom. The number of amides is 1. The Morgan fingerprint density at radius 3 is 2.62 bits per heavy atom. The van der Waals surface area contributed by atoms with Gasteiger partial charge in [-0.05, 0) is 30.2 Å². The molecule has 0 atom stereocenters. The van der Waals surface area contributed by atoms with Crippen LogP contribution in [-0.2, 0) is 21.4 Å². The maximum atomic E-state index is 12.4. The molecule has 1 heterocycles. The van der Waals surface area contributed by atoms with Gasteiger partial charge in [0, 0.05) is 18.3 Å². The summed E-state index contributed by atoms with van der Waals surface area (Å²) in [6.45, 7) is 1.91. The molecule has 0 aromatic heterocycles. The molecule has 0 saturated carbocycles. The van der Waals surface area contributed by atoms with Gasteiger partial charge in [0.1, 0.15) is 0 Å². The van der Waals surface area contributed by atoms with Gasteiger partial charge in [-0.1, -0.05) is 24.3 Å². The summed E-state index contributed by atoms with van der Waals surface area (Å²) in [5.74, 6) is 0.728. The monoisotopic (exact) mass is 376 g/mol. The van der Waals surface area contributed by atoms with Gasteiger partial charge in [0.15, 0.2) is 11.5 Å². The fourth-order valence-corrected chi connectivity index (χ4v) is 3.33. The van der Waals surface area contributed by atoms with Gasteiger partial charge in [0.05, 0.1) is 12.8 Å². The van der Waals surface area contributed by atoms with Crippen LogP contribution in [0.15, 0.2) is 42.5 Å². The third-order valence-corrected chi connectivity index (χ3v) is 5.25. The van der Waals surface area contributed by atoms with Crippen LogP contribution in [-0.4, -0.2) is 38.2 Å². The first-order valence-electron chi connectivity index (χ1n) is 8.02. The zero-order valence-corrected chi connectivity index (χ0v) is 15.4. The van der Waals surface area contributed by atoms with Gasteiger partial charge in [-0.15, -0.1) is 0 Å². The predicted octanol–water partition coefficient (Wildman–Crippen LogP) is 2.12. The summed E-state index contributed by atoms with van der Waals surface area (Å²) in [7, 11) is -3.55. The molecule has 1 aliphatic heterocycles. The number of anilines is 1. The van der Waals surface area contributed by atoms with Crippen LogP contribution in [0.5, 0.6) is 11.5 Å². The van der Waals surface area contributed by atoms with Crippen molar-refractivity contribution in [3.05, 3.63) is 53.6 Å². The van der Waals surface area contributed by atoms with Crippen molar-refractivity contribution in [1.29, 1.82) is 0 Å². The van der Waals surface area contributed by atoms with Gasteiger partial charge in [0.25, 0.3) is 0 Å². The van der Waals surface area contributed by atoms with E-state index in [2.05, 4.69) is 5.32 Å². The Balaban J connectivity index is 1.70. The van der Waals surface area contributed by atoms with E-state index in [1.807, 2.05) is 31.2 Å². The van der Waals surface area contributed by atoms with Crippen LogP contribution in [0.2, 0.25) is 0 Å². The number of carbonyl (C=O) groups is 1. The van der Waals surface area contributed by atoms with E-state index < -0.39 is 15.9 Å². The minimum absolute atomic E-state index is 0.139. The largest absolute Gasteiger partial charge is 0.454 e. The van der Waals surface area contributed by atoms with Gasteiger partial charge >= 0.3 is 0 Å². The second kappa shape index (κ2) is 7.35. The lowest BCUT2D eigenvalue weighted by Gasteiger charge is -2.20. The number of ether oxygens (including phenoxy) is 2. The molecule has 138 valence electrons. The molecule has 1 N–H and O–H groups in total. The van der Waals surface area contributed by atoms with Gasteiger partial charge in [-0.25, -0.2) is 8.42 Å². The third kappa shape index (κ3) is 4.33. The normalized spacial score (nSPS) is 13.0. The number of fused-ring (bicyclic) bond motifs is 1. The van der Waals surface area contributed by atoms with Crippen molar-refractivity contribution in [1.82, 2.24) is 4.31 Å². The first-order valence-corrected chi connectivity index (χ1v) is 9.87. The molecule has 0 unspecified atom stereocenters. The van der Waals surface area contributed by atoms with E-state index in [1.54, 1.807) is 18.2 Å². The minimum Gasteiger partial charge on any atom is -0.454 e. The number of aryl methyl sites for hydroxylation is 1. The van der Waals surface area contributed by atoms with E-state index in [9.17, 15) is 13.2 Å². The van der Waals surface area contributed by atoms with E-state index in [4.69, 9.17) is 9.47 Å². The highest BCUT2D eigenvalue weighted by atomic mass is 32.2. The lowest BCUT2D eigenvalue weighted by Crippen LogP contribution is -2.37. The lowest BCUT2D eigenvalue weighted by molar-refractivity contribution is -0.116. The zero-order valence-electron chi connectivity index (χ0n) is 14.6. The van der Waals surface area contributed by atoms with E-state index in [-0.39, 0.29) is 19.9 Å². The molecule has 26 heavy (non-hydrogen) atoms. The summed E-state index contributed by atoms with van der Waals surface area (Å²) < 4.78 is 35.8. The number of nitrogens with zero attached hydrogens (tertiary/aromatic N) is 1. The summed E-state index contributed by atoms with van der Waals surface area (Å²) in [5, 5.41) is 2.69. The number of rotatable bonds is 6. The molecule has 1 aliphatic rings. The molecule has 1 amide bonds. The summed E-state index contributed by atoms with van der Waals surface area (Å²) in [6.07, 6.45) is 1.10. The van der Waals surface area contributed by atoms with Gasteiger partial charge in [-0.3, -0.25) is 4.79 Å². The van der Waals surface area contributed by atoms with Crippen molar-refractivity contribution in [3.8, 4) is 11.5 Å². The number of nitrogens with one attached hydrogen (secondary N) is 1. The number of sulfonamides is 1. The van der Waals surface area contributed by atoms with Crippen molar-refractivity contribution < 1.29 is 22.7 Å². The molecular weight excluding hydrogens is 356 g/mol. The minimum atomic E-state index is -3.55. The number of benzene rings is 2. The van der Waals surface area contributed by atoms with E-state index in [0.29, 0.717) is 17.2 Å². The van der Waals surface area contributed by atoms with Crippen molar-refractivity contribution in [2.75, 3.05) is 24.9 Å². The number of carbonyl (C=O) groups excluding carboxylic acids is 1. The molecule has 3 rings (SSSR count). The molecule has 0 radical (unpaired) electrons. The van der Waals surface area contributed by atoms with Crippen molar-refractivity contribution in [2.45, 2.75) is 13.5 Å². The second-order valence-electron chi connectivity index (χ2n) is 6.07. The molecule has 0 bridgehead atoms. The molecule has 2 aromatic rings. The van der Waals surface area contributed by atoms with Gasteiger partial charge < -0.3 is 14.8 Å². The fourth-order valence-electron chi connectivity index (χ4n) is 2.60. The molecule has 0 saturated heterocycles. The fraction of sp³-hybridized carbons (Fsp3) is 0.278. The van der Waals surface area contributed by atoms with Gasteiger partial charge in [0.2, 0.25) is 22.7 Å². The molecular formula is C18H20N2O5S. The highest BCUT2D eigenvalue weighted by Crippen LogP contribution is 2.34. The summed E-state index contributed by atoms with van der Waals surface area (Å²) in [6, 6.07) is 12.5. The smallest absolute Gasteiger partial charge is 0.239 e. The molecule has 7 nitrogen and oxygen atoms in total. The second-order valence-corrected chi connectivity index (χ2v) is 8.06. The highest BCUT2D eigenvalue weighted by molar-refractivity contribution is 7.88. The topological polar surface area (TPSA) is 84.9 Å². The number of hydrogen-bond acceptors (Lipinski definition) is 5. The average Bonchev–Trinajstić information content (AvgIpc) is 3.03. The molecule has 0 fully saturated rings. The Bertz CT molecular complexity index is 927. The van der Waals surface area contributed by atoms with Crippen LogP contribution in [0.25, 0.3) is 0 Å². The van der Waals surface area contributed by atoms with Crippen molar-refractivity contribution in [2.24, 2.45) is 0 Å². The summed E-state index contributed by atoms with van der Waals surface area (Å²) >= 11 is 0. The van der Waals surface area contributed by atoms with Gasteiger partial charge in [-0.2, -0.15) is 4.31 Å². The Morgan fingerprint density at radius 2 is 1.88 bits per heavy atom. The van der Waals surface area contributed by atoms with Crippen LogP contribution in [0.4, 0.5) is 5.69 Å². The predicted molar refractivity (Wildman–Crippen MR) is 97.6 cm³/mol. The molecule has 8 heteroatoms. The van der Waals surface area contributed by atoms with Crippen molar-refractivity contribution >= 4 is 21.6 Å². The average molecular weight is 376 g/mol. The quantitative estimate of drug-likeness (QED) is 0.835. The summed E-state index contributed by atoms with van der Waals surface area (Å²) in [5.41, 5.74) is 2.34. The standard InChI is InChI=1S/C18H20N2O5S/c1-13-5-3-4-6-14(13)10-20(26(2,22)23)11-18(21)19-15-7-8-16-17(9-15)25-12-24-16/h3-9H,10-12H2,1-2H3,(H,19,21). The summed E-state index contributed by atoms with van der Waals surface area (Å²) in [4.78, 5) is 12.4. The van der Waals surface area contributed by atoms with Crippen LogP contribution >= 0.6 is 0 Å². The SMILES string of the molecule is Cc1ccccc1CN(CC(=O)Nc1ccc2c(c1)OCO2)S(C)(=O)=O. The molecule has 2 aromatic carbocycles. The number of hydrogen-bond donors (Lipinski definition) is 1. The molecule has 0 spiro atoms. The van der Waals surface area contributed by atoms with Crippen molar-refractivity contribution in [3.63, 3.8) is 0 Å². The first-order chi connectivity index (χ1) is 12.3. The molecule has 0 aliphatic carbocycles. The maximum absolute atomic E-state index is 12.4. The van der Waals surface area contributed by atoms with Crippen LogP contribution in [0.1, 0.15) is 11.1 Å². The third-order valence-electron chi connectivity index (χ3n) is 4.05. The van der Waals surface area contributed by atoms with E-state index in [0.717, 1.165) is 21.7 Å². The van der Waals surface area contributed by atoms with Crippen LogP contribution in [0, 0.1) is 6.92 Å². The van der Waals surface area contributed by atoms with Crippen LogP contribution < -0.4 is 14.8 Å². The first kappa shape index (κ1) is 18.2. The highest BCUT2D eigenvalue weighted by Gasteiger charge is 2.22.